The second-order valence-corrected chi connectivity index (χ2v) is 8.26. The van der Waals surface area contributed by atoms with Gasteiger partial charge in [-0.05, 0) is 24.6 Å². The van der Waals surface area contributed by atoms with Gasteiger partial charge in [-0.15, -0.1) is 11.3 Å². The van der Waals surface area contributed by atoms with Crippen molar-refractivity contribution in [3.05, 3.63) is 48.1 Å². The van der Waals surface area contributed by atoms with E-state index in [4.69, 9.17) is 9.84 Å². The Hall–Kier alpha value is -2.59. The van der Waals surface area contributed by atoms with Gasteiger partial charge in [0.15, 0.2) is 0 Å². The van der Waals surface area contributed by atoms with Crippen molar-refractivity contribution in [3.8, 4) is 16.5 Å². The average molecular weight is 441 g/mol. The summed E-state index contributed by atoms with van der Waals surface area (Å²) < 4.78 is 5.96. The van der Waals surface area contributed by atoms with Crippen LogP contribution in [0.3, 0.4) is 0 Å². The van der Waals surface area contributed by atoms with E-state index in [2.05, 4.69) is 30.1 Å². The van der Waals surface area contributed by atoms with E-state index < -0.39 is 0 Å². The molecule has 0 spiro atoms. The summed E-state index contributed by atoms with van der Waals surface area (Å²) in [5.74, 6) is 1.36. The van der Waals surface area contributed by atoms with Crippen LogP contribution in [0.2, 0.25) is 0 Å². The lowest BCUT2D eigenvalue weighted by molar-refractivity contribution is 0.108. The first-order chi connectivity index (χ1) is 15.3. The van der Waals surface area contributed by atoms with Crippen molar-refractivity contribution >= 4 is 23.0 Å². The third-order valence-corrected chi connectivity index (χ3v) is 5.96. The Bertz CT molecular complexity index is 931. The van der Waals surface area contributed by atoms with Crippen LogP contribution >= 0.6 is 11.3 Å². The number of rotatable bonds is 10. The molecule has 4 rings (SSSR count). The van der Waals surface area contributed by atoms with Gasteiger partial charge in [-0.25, -0.2) is 15.0 Å². The molecule has 3 aromatic rings. The van der Waals surface area contributed by atoms with Crippen molar-refractivity contribution in [3.63, 3.8) is 0 Å². The van der Waals surface area contributed by atoms with Crippen molar-refractivity contribution in [2.45, 2.75) is 6.42 Å². The minimum Gasteiger partial charge on any atom is -0.493 e. The smallest absolute Gasteiger partial charge is 0.227 e. The normalized spacial score (nSPS) is 15.1. The SMILES string of the molecule is OCCN1CCN(CCCOc2cccc(Nc3nccc(-c4nccs4)n3)c2)CC1. The summed E-state index contributed by atoms with van der Waals surface area (Å²) in [5, 5.41) is 15.1. The molecule has 1 aromatic carbocycles. The highest BCUT2D eigenvalue weighted by atomic mass is 32.1. The maximum atomic E-state index is 9.03. The fraction of sp³-hybridized carbons (Fsp3) is 0.409. The Balaban J connectivity index is 1.23. The number of hydrogen-bond donors (Lipinski definition) is 2. The third-order valence-electron chi connectivity index (χ3n) is 5.17. The number of thiazole rings is 1. The molecule has 3 heterocycles. The lowest BCUT2D eigenvalue weighted by atomic mass is 10.3. The molecule has 8 nitrogen and oxygen atoms in total. The van der Waals surface area contributed by atoms with Gasteiger partial charge in [0.1, 0.15) is 16.5 Å². The number of aliphatic hydroxyl groups excluding tert-OH is 1. The number of β-amino-alcohol motifs (C(OH)–C–C–N with tert-alkyl or cyclic N) is 1. The molecular weight excluding hydrogens is 412 g/mol. The molecule has 0 amide bonds. The first-order valence-corrected chi connectivity index (χ1v) is 11.5. The molecule has 164 valence electrons. The highest BCUT2D eigenvalue weighted by Crippen LogP contribution is 2.23. The van der Waals surface area contributed by atoms with Gasteiger partial charge in [0, 0.05) is 68.8 Å². The van der Waals surface area contributed by atoms with Gasteiger partial charge in [-0.3, -0.25) is 4.90 Å². The fourth-order valence-corrected chi connectivity index (χ4v) is 4.14. The molecule has 2 aromatic heterocycles. The zero-order valence-electron chi connectivity index (χ0n) is 17.5. The monoisotopic (exact) mass is 440 g/mol. The number of hydrogen-bond acceptors (Lipinski definition) is 9. The molecule has 2 N–H and O–H groups in total. The van der Waals surface area contributed by atoms with Gasteiger partial charge in [0.2, 0.25) is 5.95 Å². The summed E-state index contributed by atoms with van der Waals surface area (Å²) in [7, 11) is 0. The van der Waals surface area contributed by atoms with E-state index in [1.54, 1.807) is 23.7 Å². The Morgan fingerprint density at radius 2 is 1.87 bits per heavy atom. The second kappa shape index (κ2) is 11.1. The lowest BCUT2D eigenvalue weighted by Crippen LogP contribution is -2.47. The molecule has 0 radical (unpaired) electrons. The third kappa shape index (κ3) is 6.44. The zero-order valence-corrected chi connectivity index (χ0v) is 18.3. The molecule has 1 fully saturated rings. The van der Waals surface area contributed by atoms with Crippen LogP contribution in [0.5, 0.6) is 5.75 Å². The van der Waals surface area contributed by atoms with E-state index in [9.17, 15) is 0 Å². The van der Waals surface area contributed by atoms with Crippen molar-refractivity contribution in [1.29, 1.82) is 0 Å². The first kappa shape index (κ1) is 21.6. The molecular formula is C22H28N6O2S. The second-order valence-electron chi connectivity index (χ2n) is 7.36. The van der Waals surface area contributed by atoms with Crippen LogP contribution in [0.1, 0.15) is 6.42 Å². The number of aromatic nitrogens is 3. The minimum absolute atomic E-state index is 0.241. The Morgan fingerprint density at radius 3 is 2.65 bits per heavy atom. The summed E-state index contributed by atoms with van der Waals surface area (Å²) >= 11 is 1.55. The Morgan fingerprint density at radius 1 is 1.03 bits per heavy atom. The molecule has 9 heteroatoms. The molecule has 0 bridgehead atoms. The van der Waals surface area contributed by atoms with Crippen LogP contribution in [-0.2, 0) is 0 Å². The molecule has 1 saturated heterocycles. The summed E-state index contributed by atoms with van der Waals surface area (Å²) in [4.78, 5) is 17.9. The van der Waals surface area contributed by atoms with E-state index in [1.807, 2.05) is 35.7 Å². The predicted molar refractivity (Wildman–Crippen MR) is 123 cm³/mol. The number of nitrogens with one attached hydrogen (secondary N) is 1. The van der Waals surface area contributed by atoms with E-state index in [0.717, 1.165) is 67.8 Å². The van der Waals surface area contributed by atoms with Gasteiger partial charge in [-0.2, -0.15) is 0 Å². The van der Waals surface area contributed by atoms with Gasteiger partial charge in [0.05, 0.1) is 13.2 Å². The minimum atomic E-state index is 0.241. The van der Waals surface area contributed by atoms with Crippen LogP contribution in [0.25, 0.3) is 10.7 Å². The number of aliphatic hydroxyl groups is 1. The largest absolute Gasteiger partial charge is 0.493 e. The summed E-state index contributed by atoms with van der Waals surface area (Å²) in [6.45, 7) is 6.90. The number of benzene rings is 1. The highest BCUT2D eigenvalue weighted by molar-refractivity contribution is 7.13. The van der Waals surface area contributed by atoms with E-state index in [-0.39, 0.29) is 6.61 Å². The van der Waals surface area contributed by atoms with Crippen LogP contribution < -0.4 is 10.1 Å². The molecule has 0 unspecified atom stereocenters. The lowest BCUT2D eigenvalue weighted by Gasteiger charge is -2.34. The van der Waals surface area contributed by atoms with Crippen LogP contribution in [0, 0.1) is 0 Å². The van der Waals surface area contributed by atoms with E-state index >= 15 is 0 Å². The summed E-state index contributed by atoms with van der Waals surface area (Å²) in [6.07, 6.45) is 4.49. The Kier molecular flexibility index (Phi) is 7.78. The van der Waals surface area contributed by atoms with Crippen molar-refractivity contribution in [2.75, 3.05) is 57.8 Å². The average Bonchev–Trinajstić information content (AvgIpc) is 3.34. The van der Waals surface area contributed by atoms with Gasteiger partial charge in [-0.1, -0.05) is 6.07 Å². The van der Waals surface area contributed by atoms with Crippen molar-refractivity contribution < 1.29 is 9.84 Å². The molecule has 0 atom stereocenters. The maximum absolute atomic E-state index is 9.03. The molecule has 0 saturated carbocycles. The first-order valence-electron chi connectivity index (χ1n) is 10.6. The standard InChI is InChI=1S/C22H28N6O2S/c29-14-13-28-11-9-27(10-12-28)8-2-15-30-19-4-1-3-18(17-19)25-22-24-6-5-20(26-22)21-23-7-16-31-21/h1,3-7,16-17,29H,2,8-15H2,(H,24,25,26). The Labute approximate surface area is 186 Å². The topological polar surface area (TPSA) is 86.6 Å². The number of anilines is 2. The van der Waals surface area contributed by atoms with Crippen LogP contribution in [-0.4, -0.2) is 82.3 Å². The number of nitrogens with zero attached hydrogens (tertiary/aromatic N) is 5. The van der Waals surface area contributed by atoms with Crippen molar-refractivity contribution in [2.24, 2.45) is 0 Å². The molecule has 0 aliphatic carbocycles. The van der Waals surface area contributed by atoms with Gasteiger partial charge < -0.3 is 20.1 Å². The number of ether oxygens (including phenoxy) is 1. The van der Waals surface area contributed by atoms with Gasteiger partial charge >= 0.3 is 0 Å². The summed E-state index contributed by atoms with van der Waals surface area (Å²) in [5.41, 5.74) is 1.69. The van der Waals surface area contributed by atoms with E-state index in [1.165, 1.54) is 0 Å². The van der Waals surface area contributed by atoms with Crippen LogP contribution in [0.15, 0.2) is 48.1 Å². The molecule has 31 heavy (non-hydrogen) atoms. The fourth-order valence-electron chi connectivity index (χ4n) is 3.54. The van der Waals surface area contributed by atoms with Crippen LogP contribution in [0.4, 0.5) is 11.6 Å². The molecule has 1 aliphatic heterocycles. The highest BCUT2D eigenvalue weighted by Gasteiger charge is 2.15. The van der Waals surface area contributed by atoms with Crippen molar-refractivity contribution in [1.82, 2.24) is 24.8 Å². The van der Waals surface area contributed by atoms with E-state index in [0.29, 0.717) is 12.6 Å². The van der Waals surface area contributed by atoms with Gasteiger partial charge in [0.25, 0.3) is 0 Å². The quantitative estimate of drug-likeness (QED) is 0.466. The number of piperazine rings is 1. The molecule has 1 aliphatic rings. The summed E-state index contributed by atoms with van der Waals surface area (Å²) in [6, 6.07) is 9.72. The maximum Gasteiger partial charge on any atom is 0.227 e. The zero-order chi connectivity index (χ0) is 21.3. The predicted octanol–water partition coefficient (Wildman–Crippen LogP) is 2.72.